The summed E-state index contributed by atoms with van der Waals surface area (Å²) in [5.41, 5.74) is 11.2. The van der Waals surface area contributed by atoms with E-state index in [2.05, 4.69) is 99.7 Å². The fourth-order valence-electron chi connectivity index (χ4n) is 5.83. The van der Waals surface area contributed by atoms with Gasteiger partial charge in [0, 0.05) is 17.5 Å². The van der Waals surface area contributed by atoms with Crippen molar-refractivity contribution in [2.75, 3.05) is 0 Å². The zero-order valence-corrected chi connectivity index (χ0v) is 21.4. The van der Waals surface area contributed by atoms with E-state index in [1.165, 1.54) is 11.1 Å². The molecule has 0 saturated carbocycles. The molecule has 0 saturated heterocycles. The van der Waals surface area contributed by atoms with Crippen molar-refractivity contribution >= 4 is 11.2 Å². The van der Waals surface area contributed by atoms with Crippen LogP contribution in [0.15, 0.2) is 78.9 Å². The average molecular weight is 498 g/mol. The van der Waals surface area contributed by atoms with Gasteiger partial charge in [0.1, 0.15) is 11.3 Å². The highest BCUT2D eigenvalue weighted by Gasteiger charge is 2.29. The number of fused-ring (bicyclic) bond motifs is 2. The molecule has 7 heteroatoms. The topological polar surface area (TPSA) is 85.2 Å². The molecule has 38 heavy (non-hydrogen) atoms. The Morgan fingerprint density at radius 3 is 2.50 bits per heavy atom. The van der Waals surface area contributed by atoms with E-state index in [1.807, 2.05) is 18.2 Å². The zero-order valence-electron chi connectivity index (χ0n) is 21.4. The normalized spacial score (nSPS) is 14.7. The lowest BCUT2D eigenvalue weighted by Gasteiger charge is -2.18. The first-order valence-electron chi connectivity index (χ1n) is 13.1. The summed E-state index contributed by atoms with van der Waals surface area (Å²) in [5, 5.41) is 14.7. The van der Waals surface area contributed by atoms with Gasteiger partial charge in [-0.05, 0) is 58.9 Å². The largest absolute Gasteiger partial charge is 0.305 e. The molecule has 1 N–H and O–H groups in total. The van der Waals surface area contributed by atoms with Crippen molar-refractivity contribution in [3.05, 3.63) is 101 Å². The molecule has 1 aliphatic carbocycles. The Morgan fingerprint density at radius 2 is 1.71 bits per heavy atom. The van der Waals surface area contributed by atoms with E-state index in [-0.39, 0.29) is 6.04 Å². The van der Waals surface area contributed by atoms with E-state index in [0.29, 0.717) is 5.82 Å². The molecule has 0 radical (unpaired) electrons. The smallest absolute Gasteiger partial charge is 0.205 e. The van der Waals surface area contributed by atoms with Gasteiger partial charge in [-0.2, -0.15) is 5.21 Å². The molecule has 7 nitrogen and oxygen atoms in total. The summed E-state index contributed by atoms with van der Waals surface area (Å²) in [6.07, 6.45) is 2.90. The molecule has 6 aromatic rings. The number of hydrogen-bond donors (Lipinski definition) is 1. The Hall–Kier alpha value is -4.65. The van der Waals surface area contributed by atoms with Crippen LogP contribution >= 0.6 is 0 Å². The highest BCUT2D eigenvalue weighted by Crippen LogP contribution is 2.41. The number of H-pyrrole nitrogens is 1. The van der Waals surface area contributed by atoms with Gasteiger partial charge in [0.15, 0.2) is 5.65 Å². The molecule has 7 rings (SSSR count). The summed E-state index contributed by atoms with van der Waals surface area (Å²) in [4.78, 5) is 10.2. The maximum absolute atomic E-state index is 5.18. The molecule has 186 valence electrons. The van der Waals surface area contributed by atoms with E-state index < -0.39 is 0 Å². The molecule has 0 unspecified atom stereocenters. The average Bonchev–Trinajstić information content (AvgIpc) is 3.72. The fraction of sp³-hybridized carbons (Fsp3) is 0.194. The molecule has 3 heterocycles. The number of hydrogen-bond acceptors (Lipinski definition) is 5. The van der Waals surface area contributed by atoms with Crippen molar-refractivity contribution in [3.63, 3.8) is 0 Å². The molecule has 0 amide bonds. The summed E-state index contributed by atoms with van der Waals surface area (Å²) < 4.78 is 2.40. The summed E-state index contributed by atoms with van der Waals surface area (Å²) in [6, 6.07) is 27.8. The first kappa shape index (κ1) is 22.5. The molecule has 3 aromatic carbocycles. The quantitative estimate of drug-likeness (QED) is 0.300. The molecule has 0 bridgehead atoms. The number of aryl methyl sites for hydroxylation is 3. The van der Waals surface area contributed by atoms with Crippen molar-refractivity contribution < 1.29 is 0 Å². The van der Waals surface area contributed by atoms with Gasteiger partial charge in [-0.25, -0.2) is 9.97 Å². The molecule has 0 fully saturated rings. The van der Waals surface area contributed by atoms with Crippen LogP contribution in [0.25, 0.3) is 44.9 Å². The monoisotopic (exact) mass is 497 g/mol. The predicted molar refractivity (Wildman–Crippen MR) is 149 cm³/mol. The molecule has 0 aliphatic heterocycles. The lowest BCUT2D eigenvalue weighted by Crippen LogP contribution is -2.11. The first-order valence-corrected chi connectivity index (χ1v) is 13.1. The van der Waals surface area contributed by atoms with Crippen LogP contribution in [0.1, 0.15) is 41.9 Å². The molecule has 0 spiro atoms. The lowest BCUT2D eigenvalue weighted by molar-refractivity contribution is 0.567. The van der Waals surface area contributed by atoms with Crippen molar-refractivity contribution in [1.29, 1.82) is 0 Å². The fourth-order valence-corrected chi connectivity index (χ4v) is 5.83. The Bertz CT molecular complexity index is 1770. The summed E-state index contributed by atoms with van der Waals surface area (Å²) in [6.45, 7) is 4.32. The Kier molecular flexibility index (Phi) is 5.35. The van der Waals surface area contributed by atoms with Crippen molar-refractivity contribution in [2.45, 2.75) is 39.2 Å². The van der Waals surface area contributed by atoms with Crippen molar-refractivity contribution in [2.24, 2.45) is 0 Å². The van der Waals surface area contributed by atoms with Gasteiger partial charge in [-0.3, -0.25) is 0 Å². The second kappa shape index (κ2) is 9.03. The number of nitrogens with one attached hydrogen (secondary N) is 1. The standard InChI is InChI=1S/C31H27N7/c1-3-28-33-29-19(2)17-26(20-9-5-4-6-10-20)32-31(29)38(28)27-16-14-22-18-21(13-15-24(22)27)23-11-7-8-12-25(23)30-34-36-37-35-30/h4-13,15,17-18,27H,3,14,16H2,1-2H3,(H,34,35,36,37)/t27-/m0/s1. The first-order chi connectivity index (χ1) is 18.7. The summed E-state index contributed by atoms with van der Waals surface area (Å²) >= 11 is 0. The second-order valence-electron chi connectivity index (χ2n) is 9.86. The van der Waals surface area contributed by atoms with E-state index in [9.17, 15) is 0 Å². The van der Waals surface area contributed by atoms with Crippen molar-refractivity contribution in [1.82, 2.24) is 35.2 Å². The lowest BCUT2D eigenvalue weighted by atomic mass is 9.96. The van der Waals surface area contributed by atoms with Crippen LogP contribution < -0.4 is 0 Å². The highest BCUT2D eigenvalue weighted by atomic mass is 15.5. The van der Waals surface area contributed by atoms with Crippen LogP contribution in [0.3, 0.4) is 0 Å². The van der Waals surface area contributed by atoms with Gasteiger partial charge in [0.25, 0.3) is 0 Å². The minimum Gasteiger partial charge on any atom is -0.305 e. The maximum atomic E-state index is 5.18. The Balaban J connectivity index is 1.34. The molecule has 3 aromatic heterocycles. The SMILES string of the molecule is CCc1nc2c(C)cc(-c3ccccc3)nc2n1[C@H]1CCc2cc(-c3ccccc3-c3nn[nH]n3)ccc21. The third-order valence-corrected chi connectivity index (χ3v) is 7.62. The zero-order chi connectivity index (χ0) is 25.6. The number of tetrazole rings is 1. The molecular weight excluding hydrogens is 470 g/mol. The van der Waals surface area contributed by atoms with Gasteiger partial charge >= 0.3 is 0 Å². The highest BCUT2D eigenvalue weighted by molar-refractivity contribution is 5.82. The summed E-state index contributed by atoms with van der Waals surface area (Å²) in [7, 11) is 0. The van der Waals surface area contributed by atoms with Crippen molar-refractivity contribution in [3.8, 4) is 33.8 Å². The molecular formula is C31H27N7. The predicted octanol–water partition coefficient (Wildman–Crippen LogP) is 6.35. The molecule has 1 atom stereocenters. The van der Waals surface area contributed by atoms with E-state index in [0.717, 1.165) is 69.8 Å². The number of nitrogens with zero attached hydrogens (tertiary/aromatic N) is 6. The third kappa shape index (κ3) is 3.62. The minimum absolute atomic E-state index is 0.212. The van der Waals surface area contributed by atoms with Gasteiger partial charge in [-0.1, -0.05) is 79.7 Å². The van der Waals surface area contributed by atoms with E-state index in [4.69, 9.17) is 9.97 Å². The number of imidazole rings is 1. The Morgan fingerprint density at radius 1 is 0.895 bits per heavy atom. The van der Waals surface area contributed by atoms with Crippen LogP contribution in [0, 0.1) is 6.92 Å². The maximum Gasteiger partial charge on any atom is 0.205 e. The number of pyridine rings is 1. The third-order valence-electron chi connectivity index (χ3n) is 7.62. The van der Waals surface area contributed by atoms with Crippen LogP contribution in [0.5, 0.6) is 0 Å². The number of benzene rings is 3. The number of rotatable bonds is 5. The second-order valence-corrected chi connectivity index (χ2v) is 9.86. The van der Waals surface area contributed by atoms with Gasteiger partial charge in [0.2, 0.25) is 5.82 Å². The van der Waals surface area contributed by atoms with Gasteiger partial charge < -0.3 is 4.57 Å². The van der Waals surface area contributed by atoms with Crippen LogP contribution in [-0.4, -0.2) is 35.2 Å². The van der Waals surface area contributed by atoms with Crippen LogP contribution in [-0.2, 0) is 12.8 Å². The number of aromatic amines is 1. The molecule has 1 aliphatic rings. The van der Waals surface area contributed by atoms with Crippen LogP contribution in [0.4, 0.5) is 0 Å². The number of aromatic nitrogens is 7. The Labute approximate surface area is 220 Å². The van der Waals surface area contributed by atoms with Gasteiger partial charge in [0.05, 0.1) is 11.7 Å². The summed E-state index contributed by atoms with van der Waals surface area (Å²) in [5.74, 6) is 1.69. The van der Waals surface area contributed by atoms with Gasteiger partial charge in [-0.15, -0.1) is 10.2 Å². The van der Waals surface area contributed by atoms with E-state index >= 15 is 0 Å². The minimum atomic E-state index is 0.212. The van der Waals surface area contributed by atoms with Crippen LogP contribution in [0.2, 0.25) is 0 Å². The van der Waals surface area contributed by atoms with E-state index in [1.54, 1.807) is 0 Å².